The van der Waals surface area contributed by atoms with Gasteiger partial charge in [0.15, 0.2) is 0 Å². The van der Waals surface area contributed by atoms with Gasteiger partial charge in [-0.2, -0.15) is 0 Å². The van der Waals surface area contributed by atoms with Crippen LogP contribution < -0.4 is 0 Å². The maximum absolute atomic E-state index is 12.3. The second-order valence-corrected chi connectivity index (χ2v) is 8.27. The van der Waals surface area contributed by atoms with Crippen molar-refractivity contribution >= 4 is 12.1 Å². The van der Waals surface area contributed by atoms with Crippen molar-refractivity contribution in [1.29, 1.82) is 0 Å². The van der Waals surface area contributed by atoms with Gasteiger partial charge in [-0.05, 0) is 60.3 Å². The van der Waals surface area contributed by atoms with E-state index in [-0.39, 0.29) is 18.0 Å². The van der Waals surface area contributed by atoms with Crippen molar-refractivity contribution in [3.8, 4) is 0 Å². The van der Waals surface area contributed by atoms with E-state index in [1.54, 1.807) is 0 Å². The summed E-state index contributed by atoms with van der Waals surface area (Å²) in [6.07, 6.45) is 3.65. The van der Waals surface area contributed by atoms with Crippen molar-refractivity contribution in [3.05, 3.63) is 0 Å². The lowest BCUT2D eigenvalue weighted by molar-refractivity contribution is -0.149. The van der Waals surface area contributed by atoms with Gasteiger partial charge in [0.1, 0.15) is 5.60 Å². The number of piperazine rings is 1. The molecule has 0 unspecified atom stereocenters. The number of carbonyl (C=O) groups excluding carboxylic acids is 2. The zero-order valence-electron chi connectivity index (χ0n) is 16.4. The third-order valence-electron chi connectivity index (χ3n) is 5.12. The summed E-state index contributed by atoms with van der Waals surface area (Å²) in [4.78, 5) is 28.5. The SMILES string of the molecule is CCOC(=O)C1CCC(N2CCN(C(=O)OC(C)(C)C)C[C@H]2C)CC1. The molecule has 0 aromatic rings. The summed E-state index contributed by atoms with van der Waals surface area (Å²) in [5.41, 5.74) is -0.455. The van der Waals surface area contributed by atoms with E-state index < -0.39 is 5.60 Å². The maximum atomic E-state index is 12.3. The van der Waals surface area contributed by atoms with Crippen molar-refractivity contribution in [3.63, 3.8) is 0 Å². The minimum Gasteiger partial charge on any atom is -0.466 e. The van der Waals surface area contributed by atoms with Gasteiger partial charge < -0.3 is 14.4 Å². The predicted molar refractivity (Wildman–Crippen MR) is 96.4 cm³/mol. The van der Waals surface area contributed by atoms with Gasteiger partial charge in [0.05, 0.1) is 12.5 Å². The van der Waals surface area contributed by atoms with Crippen molar-refractivity contribution in [1.82, 2.24) is 9.80 Å². The van der Waals surface area contributed by atoms with Gasteiger partial charge in [0.25, 0.3) is 0 Å². The fourth-order valence-corrected chi connectivity index (χ4v) is 3.91. The molecule has 1 atom stereocenters. The quantitative estimate of drug-likeness (QED) is 0.729. The Hall–Kier alpha value is -1.30. The Bertz CT molecular complexity index is 467. The van der Waals surface area contributed by atoms with Gasteiger partial charge in [-0.15, -0.1) is 0 Å². The second-order valence-electron chi connectivity index (χ2n) is 8.27. The highest BCUT2D eigenvalue weighted by Crippen LogP contribution is 2.30. The average molecular weight is 354 g/mol. The standard InChI is InChI=1S/C19H34N2O4/c1-6-24-17(22)15-7-9-16(10-8-15)21-12-11-20(13-14(21)2)18(23)25-19(3,4)5/h14-16H,6-13H2,1-5H3/t14-,15?,16?/m1/s1. The molecular formula is C19H34N2O4. The number of hydrogen-bond acceptors (Lipinski definition) is 5. The van der Waals surface area contributed by atoms with Crippen LogP contribution in [0, 0.1) is 5.92 Å². The molecule has 2 aliphatic rings. The molecule has 1 saturated carbocycles. The maximum Gasteiger partial charge on any atom is 0.410 e. The Morgan fingerprint density at radius 3 is 2.24 bits per heavy atom. The first kappa shape index (κ1) is 20.0. The molecule has 1 aliphatic carbocycles. The summed E-state index contributed by atoms with van der Waals surface area (Å²) in [6.45, 7) is 12.5. The summed E-state index contributed by atoms with van der Waals surface area (Å²) in [7, 11) is 0. The first-order valence-electron chi connectivity index (χ1n) is 9.61. The molecule has 2 fully saturated rings. The number of amides is 1. The van der Waals surface area contributed by atoms with Crippen LogP contribution >= 0.6 is 0 Å². The summed E-state index contributed by atoms with van der Waals surface area (Å²) in [5.74, 6) is 0.0262. The zero-order valence-corrected chi connectivity index (χ0v) is 16.4. The van der Waals surface area contributed by atoms with E-state index in [1.165, 1.54) is 0 Å². The monoisotopic (exact) mass is 354 g/mol. The molecule has 1 aliphatic heterocycles. The van der Waals surface area contributed by atoms with Gasteiger partial charge >= 0.3 is 12.1 Å². The molecule has 0 aromatic heterocycles. The molecule has 0 aromatic carbocycles. The van der Waals surface area contributed by atoms with Crippen LogP contribution in [0.2, 0.25) is 0 Å². The van der Waals surface area contributed by atoms with Gasteiger partial charge in [-0.3, -0.25) is 9.69 Å². The highest BCUT2D eigenvalue weighted by molar-refractivity contribution is 5.72. The summed E-state index contributed by atoms with van der Waals surface area (Å²) in [5, 5.41) is 0. The number of carbonyl (C=O) groups is 2. The topological polar surface area (TPSA) is 59.1 Å². The smallest absolute Gasteiger partial charge is 0.410 e. The van der Waals surface area contributed by atoms with E-state index in [0.717, 1.165) is 32.2 Å². The molecule has 25 heavy (non-hydrogen) atoms. The minimum absolute atomic E-state index is 0.0382. The van der Waals surface area contributed by atoms with Crippen LogP contribution in [-0.2, 0) is 14.3 Å². The van der Waals surface area contributed by atoms with Crippen LogP contribution in [0.15, 0.2) is 0 Å². The molecule has 1 heterocycles. The zero-order chi connectivity index (χ0) is 18.6. The summed E-state index contributed by atoms with van der Waals surface area (Å²) >= 11 is 0. The second kappa shape index (κ2) is 8.39. The lowest BCUT2D eigenvalue weighted by Crippen LogP contribution is -2.57. The van der Waals surface area contributed by atoms with E-state index in [4.69, 9.17) is 9.47 Å². The molecular weight excluding hydrogens is 320 g/mol. The number of hydrogen-bond donors (Lipinski definition) is 0. The minimum atomic E-state index is -0.455. The summed E-state index contributed by atoms with van der Waals surface area (Å²) < 4.78 is 10.6. The summed E-state index contributed by atoms with van der Waals surface area (Å²) in [6, 6.07) is 0.812. The van der Waals surface area contributed by atoms with Crippen molar-refractivity contribution < 1.29 is 19.1 Å². The fraction of sp³-hybridized carbons (Fsp3) is 0.895. The molecule has 1 saturated heterocycles. The number of rotatable bonds is 3. The largest absolute Gasteiger partial charge is 0.466 e. The van der Waals surface area contributed by atoms with E-state index in [2.05, 4.69) is 11.8 Å². The Kier molecular flexibility index (Phi) is 6.72. The first-order chi connectivity index (χ1) is 11.7. The van der Waals surface area contributed by atoms with E-state index in [9.17, 15) is 9.59 Å². The van der Waals surface area contributed by atoms with E-state index in [1.807, 2.05) is 32.6 Å². The Morgan fingerprint density at radius 1 is 1.08 bits per heavy atom. The van der Waals surface area contributed by atoms with Crippen molar-refractivity contribution in [2.75, 3.05) is 26.2 Å². The van der Waals surface area contributed by atoms with Crippen LogP contribution in [0.1, 0.15) is 60.3 Å². The highest BCUT2D eigenvalue weighted by Gasteiger charge is 2.36. The van der Waals surface area contributed by atoms with Crippen LogP contribution in [0.4, 0.5) is 4.79 Å². The fourth-order valence-electron chi connectivity index (χ4n) is 3.91. The van der Waals surface area contributed by atoms with Gasteiger partial charge in [-0.25, -0.2) is 4.79 Å². The van der Waals surface area contributed by atoms with E-state index in [0.29, 0.717) is 31.8 Å². The molecule has 0 bridgehead atoms. The Morgan fingerprint density at radius 2 is 1.72 bits per heavy atom. The van der Waals surface area contributed by atoms with Crippen molar-refractivity contribution in [2.24, 2.45) is 5.92 Å². The highest BCUT2D eigenvalue weighted by atomic mass is 16.6. The van der Waals surface area contributed by atoms with Crippen LogP contribution in [0.25, 0.3) is 0 Å². The molecule has 0 radical (unpaired) electrons. The Balaban J connectivity index is 1.82. The van der Waals surface area contributed by atoms with E-state index >= 15 is 0 Å². The number of ether oxygens (including phenoxy) is 2. The molecule has 0 spiro atoms. The molecule has 6 heteroatoms. The molecule has 6 nitrogen and oxygen atoms in total. The number of esters is 1. The average Bonchev–Trinajstić information content (AvgIpc) is 2.53. The van der Waals surface area contributed by atoms with Crippen LogP contribution in [0.5, 0.6) is 0 Å². The van der Waals surface area contributed by atoms with Crippen molar-refractivity contribution in [2.45, 2.75) is 78.0 Å². The lowest BCUT2D eigenvalue weighted by atomic mass is 9.84. The molecule has 0 N–H and O–H groups in total. The number of nitrogens with zero attached hydrogens (tertiary/aromatic N) is 2. The first-order valence-corrected chi connectivity index (χ1v) is 9.61. The molecule has 1 amide bonds. The van der Waals surface area contributed by atoms with Gasteiger partial charge in [0.2, 0.25) is 0 Å². The predicted octanol–water partition coefficient (Wildman–Crippen LogP) is 3.05. The van der Waals surface area contributed by atoms with Gasteiger partial charge in [-0.1, -0.05) is 0 Å². The lowest BCUT2D eigenvalue weighted by Gasteiger charge is -2.45. The van der Waals surface area contributed by atoms with Crippen LogP contribution in [-0.4, -0.2) is 65.8 Å². The molecule has 144 valence electrons. The third kappa shape index (κ3) is 5.59. The molecule has 2 rings (SSSR count). The normalized spacial score (nSPS) is 28.5. The third-order valence-corrected chi connectivity index (χ3v) is 5.12. The van der Waals surface area contributed by atoms with Crippen LogP contribution in [0.3, 0.4) is 0 Å². The Labute approximate surface area is 151 Å². The van der Waals surface area contributed by atoms with Gasteiger partial charge in [0, 0.05) is 31.7 Å².